The second-order valence-corrected chi connectivity index (χ2v) is 5.93. The summed E-state index contributed by atoms with van der Waals surface area (Å²) in [6.07, 6.45) is 0.513. The van der Waals surface area contributed by atoms with E-state index < -0.39 is 0 Å². The number of benzene rings is 1. The Hall–Kier alpha value is -0.860. The summed E-state index contributed by atoms with van der Waals surface area (Å²) < 4.78 is 0. The fourth-order valence-electron chi connectivity index (χ4n) is 2.69. The number of hydrogen-bond acceptors (Lipinski definition) is 2. The molecule has 0 aliphatic carbocycles. The zero-order valence-corrected chi connectivity index (χ0v) is 11.8. The van der Waals surface area contributed by atoms with Crippen LogP contribution in [-0.4, -0.2) is 29.6 Å². The van der Waals surface area contributed by atoms with Crippen LogP contribution in [-0.2, 0) is 0 Å². The van der Waals surface area contributed by atoms with Gasteiger partial charge in [-0.1, -0.05) is 43.7 Å². The molecule has 1 saturated heterocycles. The zero-order chi connectivity index (χ0) is 13.1. The minimum atomic E-state index is -0.322. The van der Waals surface area contributed by atoms with Crippen molar-refractivity contribution < 1.29 is 5.11 Å². The normalized spacial score (nSPS) is 26.4. The number of hydrogen-bond donors (Lipinski definition) is 1. The van der Waals surface area contributed by atoms with Gasteiger partial charge in [0.2, 0.25) is 0 Å². The van der Waals surface area contributed by atoms with E-state index in [1.165, 1.54) is 18.7 Å². The Balaban J connectivity index is 1.81. The molecule has 0 aromatic heterocycles. The molecule has 3 unspecified atom stereocenters. The van der Waals surface area contributed by atoms with Crippen molar-refractivity contribution in [3.63, 3.8) is 0 Å². The van der Waals surface area contributed by atoms with Crippen molar-refractivity contribution in [2.75, 3.05) is 19.6 Å². The number of likely N-dealkylation sites (tertiary alicyclic amines) is 1. The first-order valence-corrected chi connectivity index (χ1v) is 7.03. The lowest BCUT2D eigenvalue weighted by Crippen LogP contribution is -2.23. The summed E-state index contributed by atoms with van der Waals surface area (Å²) in [5.74, 6) is 1.59. The molecule has 1 aromatic rings. The molecule has 0 amide bonds. The maximum Gasteiger partial charge on any atom is 0.0802 e. The Labute approximate surface area is 111 Å². The Morgan fingerprint density at radius 3 is 2.28 bits per heavy atom. The number of nitrogens with zero attached hydrogens (tertiary/aromatic N) is 1. The van der Waals surface area contributed by atoms with Crippen LogP contribution in [0, 0.1) is 18.8 Å². The highest BCUT2D eigenvalue weighted by Gasteiger charge is 2.25. The van der Waals surface area contributed by atoms with Crippen molar-refractivity contribution in [1.29, 1.82) is 0 Å². The van der Waals surface area contributed by atoms with Crippen LogP contribution in [0.15, 0.2) is 24.3 Å². The molecule has 2 nitrogen and oxygen atoms in total. The average molecular weight is 247 g/mol. The second-order valence-electron chi connectivity index (χ2n) is 5.93. The quantitative estimate of drug-likeness (QED) is 0.884. The van der Waals surface area contributed by atoms with E-state index >= 15 is 0 Å². The summed E-state index contributed by atoms with van der Waals surface area (Å²) in [5, 5.41) is 10.2. The zero-order valence-electron chi connectivity index (χ0n) is 11.8. The summed E-state index contributed by atoms with van der Waals surface area (Å²) in [7, 11) is 0. The van der Waals surface area contributed by atoms with Crippen LogP contribution in [0.25, 0.3) is 0 Å². The molecule has 0 radical (unpaired) electrons. The van der Waals surface area contributed by atoms with Gasteiger partial charge in [-0.25, -0.2) is 0 Å². The SMILES string of the molecule is Cc1ccc(C(O)CCN2CC(C)C(C)C2)cc1. The van der Waals surface area contributed by atoms with Crippen molar-refractivity contribution in [3.05, 3.63) is 35.4 Å². The minimum Gasteiger partial charge on any atom is -0.388 e. The Kier molecular flexibility index (Phi) is 4.41. The van der Waals surface area contributed by atoms with Gasteiger partial charge in [0.15, 0.2) is 0 Å². The van der Waals surface area contributed by atoms with E-state index in [2.05, 4.69) is 37.8 Å². The van der Waals surface area contributed by atoms with Gasteiger partial charge in [-0.2, -0.15) is 0 Å². The molecule has 0 saturated carbocycles. The van der Waals surface area contributed by atoms with Crippen LogP contribution in [0.2, 0.25) is 0 Å². The van der Waals surface area contributed by atoms with Gasteiger partial charge in [-0.3, -0.25) is 0 Å². The molecule has 2 rings (SSSR count). The summed E-state index contributed by atoms with van der Waals surface area (Å²) in [6.45, 7) is 10.1. The Bertz CT molecular complexity index is 363. The summed E-state index contributed by atoms with van der Waals surface area (Å²) in [4.78, 5) is 2.48. The first kappa shape index (κ1) is 13.6. The van der Waals surface area contributed by atoms with E-state index in [9.17, 15) is 5.11 Å². The van der Waals surface area contributed by atoms with E-state index in [0.29, 0.717) is 0 Å². The van der Waals surface area contributed by atoms with E-state index in [0.717, 1.165) is 30.4 Å². The average Bonchev–Trinajstić information content (AvgIpc) is 2.67. The predicted molar refractivity (Wildman–Crippen MR) is 75.5 cm³/mol. The molecule has 0 spiro atoms. The van der Waals surface area contributed by atoms with Crippen molar-refractivity contribution in [2.45, 2.75) is 33.3 Å². The summed E-state index contributed by atoms with van der Waals surface area (Å²) in [5.41, 5.74) is 2.29. The van der Waals surface area contributed by atoms with Gasteiger partial charge >= 0.3 is 0 Å². The molecule has 1 aromatic carbocycles. The van der Waals surface area contributed by atoms with Crippen LogP contribution < -0.4 is 0 Å². The fraction of sp³-hybridized carbons (Fsp3) is 0.625. The van der Waals surface area contributed by atoms with Crippen molar-refractivity contribution in [2.24, 2.45) is 11.8 Å². The van der Waals surface area contributed by atoms with Gasteiger partial charge in [0.05, 0.1) is 6.10 Å². The smallest absolute Gasteiger partial charge is 0.0802 e. The summed E-state index contributed by atoms with van der Waals surface area (Å²) in [6, 6.07) is 8.21. The number of aliphatic hydroxyl groups is 1. The van der Waals surface area contributed by atoms with Gasteiger partial charge < -0.3 is 10.0 Å². The van der Waals surface area contributed by atoms with Gasteiger partial charge in [-0.15, -0.1) is 0 Å². The number of aliphatic hydroxyl groups excluding tert-OH is 1. The molecule has 100 valence electrons. The Morgan fingerprint density at radius 2 is 1.72 bits per heavy atom. The predicted octanol–water partition coefficient (Wildman–Crippen LogP) is 3.01. The molecule has 0 bridgehead atoms. The standard InChI is InChI=1S/C16H25NO/c1-12-4-6-15(7-5-12)16(18)8-9-17-10-13(2)14(3)11-17/h4-7,13-14,16,18H,8-11H2,1-3H3. The van der Waals surface area contributed by atoms with Crippen LogP contribution in [0.5, 0.6) is 0 Å². The second kappa shape index (κ2) is 5.85. The first-order chi connectivity index (χ1) is 8.56. The van der Waals surface area contributed by atoms with Crippen molar-refractivity contribution in [3.8, 4) is 0 Å². The maximum atomic E-state index is 10.2. The lowest BCUT2D eigenvalue weighted by Gasteiger charge is -2.18. The van der Waals surface area contributed by atoms with Crippen molar-refractivity contribution in [1.82, 2.24) is 4.90 Å². The van der Waals surface area contributed by atoms with Crippen LogP contribution in [0.1, 0.15) is 37.5 Å². The van der Waals surface area contributed by atoms with Crippen LogP contribution in [0.4, 0.5) is 0 Å². The third-order valence-corrected chi connectivity index (χ3v) is 4.24. The third-order valence-electron chi connectivity index (χ3n) is 4.24. The molecule has 3 atom stereocenters. The number of aryl methyl sites for hydroxylation is 1. The minimum absolute atomic E-state index is 0.322. The number of rotatable bonds is 4. The first-order valence-electron chi connectivity index (χ1n) is 7.03. The third kappa shape index (κ3) is 3.33. The fourth-order valence-corrected chi connectivity index (χ4v) is 2.69. The lowest BCUT2D eigenvalue weighted by atomic mass is 10.0. The molecule has 1 aliphatic rings. The van der Waals surface area contributed by atoms with Gasteiger partial charge in [-0.05, 0) is 30.7 Å². The molecule has 1 heterocycles. The van der Waals surface area contributed by atoms with Crippen molar-refractivity contribution >= 4 is 0 Å². The molecular weight excluding hydrogens is 222 g/mol. The molecular formula is C16H25NO. The highest BCUT2D eigenvalue weighted by Crippen LogP contribution is 2.24. The van der Waals surface area contributed by atoms with Gasteiger partial charge in [0.1, 0.15) is 0 Å². The maximum absolute atomic E-state index is 10.2. The van der Waals surface area contributed by atoms with Gasteiger partial charge in [0.25, 0.3) is 0 Å². The van der Waals surface area contributed by atoms with E-state index in [4.69, 9.17) is 0 Å². The molecule has 1 fully saturated rings. The highest BCUT2D eigenvalue weighted by atomic mass is 16.3. The van der Waals surface area contributed by atoms with Crippen LogP contribution in [0.3, 0.4) is 0 Å². The molecule has 18 heavy (non-hydrogen) atoms. The monoisotopic (exact) mass is 247 g/mol. The lowest BCUT2D eigenvalue weighted by molar-refractivity contribution is 0.147. The van der Waals surface area contributed by atoms with Crippen LogP contribution >= 0.6 is 0 Å². The van der Waals surface area contributed by atoms with E-state index in [-0.39, 0.29) is 6.10 Å². The van der Waals surface area contributed by atoms with Gasteiger partial charge in [0, 0.05) is 19.6 Å². The van der Waals surface area contributed by atoms with E-state index in [1.807, 2.05) is 12.1 Å². The molecule has 2 heteroatoms. The largest absolute Gasteiger partial charge is 0.388 e. The highest BCUT2D eigenvalue weighted by molar-refractivity contribution is 5.23. The Morgan fingerprint density at radius 1 is 1.17 bits per heavy atom. The molecule has 1 N–H and O–H groups in total. The topological polar surface area (TPSA) is 23.5 Å². The molecule has 1 aliphatic heterocycles. The van der Waals surface area contributed by atoms with E-state index in [1.54, 1.807) is 0 Å². The summed E-state index contributed by atoms with van der Waals surface area (Å²) >= 11 is 0.